The van der Waals surface area contributed by atoms with Gasteiger partial charge >= 0.3 is 11.7 Å². The number of carbonyl (C=O) groups is 1. The molecule has 2 heterocycles. The van der Waals surface area contributed by atoms with E-state index in [0.717, 1.165) is 30.0 Å². The Bertz CT molecular complexity index is 757. The number of nitrogen functional groups attached to an aromatic ring is 1. The van der Waals surface area contributed by atoms with Gasteiger partial charge in [-0.05, 0) is 30.6 Å². The summed E-state index contributed by atoms with van der Waals surface area (Å²) in [6.45, 7) is 6.46. The van der Waals surface area contributed by atoms with Gasteiger partial charge in [0, 0.05) is 5.75 Å². The molecule has 3 rings (SSSR count). The van der Waals surface area contributed by atoms with E-state index >= 15 is 0 Å². The lowest BCUT2D eigenvalue weighted by atomic mass is 9.75. The topological polar surface area (TPSA) is 96.4 Å². The summed E-state index contributed by atoms with van der Waals surface area (Å²) >= 11 is 1.23. The molecule has 7 nitrogen and oxygen atoms in total. The molecule has 1 saturated carbocycles. The first-order valence-corrected chi connectivity index (χ1v) is 10.3. The molecule has 9 heteroatoms. The molecule has 0 aromatic carbocycles. The van der Waals surface area contributed by atoms with Crippen molar-refractivity contribution in [3.63, 3.8) is 0 Å². The van der Waals surface area contributed by atoms with Gasteiger partial charge in [-0.15, -0.1) is 11.8 Å². The fourth-order valence-electron chi connectivity index (χ4n) is 3.78. The lowest BCUT2D eigenvalue weighted by Crippen LogP contribution is -2.38. The molecule has 1 aromatic heterocycles. The fraction of sp³-hybridized carbons (Fsp3) is 0.722. The van der Waals surface area contributed by atoms with Crippen molar-refractivity contribution in [3.05, 3.63) is 22.5 Å². The van der Waals surface area contributed by atoms with E-state index in [0.29, 0.717) is 23.5 Å². The third-order valence-corrected chi connectivity index (χ3v) is 6.42. The van der Waals surface area contributed by atoms with Crippen LogP contribution < -0.4 is 11.4 Å². The number of rotatable bonds is 4. The molecule has 1 aliphatic carbocycles. The van der Waals surface area contributed by atoms with Crippen LogP contribution in [0.15, 0.2) is 11.0 Å². The summed E-state index contributed by atoms with van der Waals surface area (Å²) in [6.07, 6.45) is 3.09. The third kappa shape index (κ3) is 4.45. The van der Waals surface area contributed by atoms with Gasteiger partial charge in [-0.3, -0.25) is 4.57 Å². The zero-order valence-electron chi connectivity index (χ0n) is 15.8. The van der Waals surface area contributed by atoms with Crippen molar-refractivity contribution in [2.45, 2.75) is 57.8 Å². The number of nitrogens with two attached hydrogens (primary N) is 1. The number of thioether (sulfide) groups is 1. The molecule has 0 bridgehead atoms. The lowest BCUT2D eigenvalue weighted by molar-refractivity contribution is -0.166. The Morgan fingerprint density at radius 3 is 2.93 bits per heavy atom. The van der Waals surface area contributed by atoms with Gasteiger partial charge in [-0.1, -0.05) is 27.2 Å². The van der Waals surface area contributed by atoms with Crippen molar-refractivity contribution >= 4 is 23.5 Å². The molecule has 0 spiro atoms. The summed E-state index contributed by atoms with van der Waals surface area (Å²) in [5.41, 5.74) is 3.74. The van der Waals surface area contributed by atoms with Crippen LogP contribution >= 0.6 is 11.8 Å². The van der Waals surface area contributed by atoms with E-state index in [2.05, 4.69) is 25.8 Å². The first kappa shape index (κ1) is 20.1. The van der Waals surface area contributed by atoms with Crippen LogP contribution in [0.2, 0.25) is 0 Å². The normalized spacial score (nSPS) is 31.2. The summed E-state index contributed by atoms with van der Waals surface area (Å²) in [4.78, 5) is 28.0. The number of halogens is 1. The molecule has 27 heavy (non-hydrogen) atoms. The number of aromatic nitrogens is 2. The Kier molecular flexibility index (Phi) is 6.10. The highest BCUT2D eigenvalue weighted by atomic mass is 32.2. The van der Waals surface area contributed by atoms with Crippen LogP contribution in [0, 0.1) is 23.6 Å². The van der Waals surface area contributed by atoms with Gasteiger partial charge in [0.2, 0.25) is 5.44 Å². The molecule has 2 fully saturated rings. The van der Waals surface area contributed by atoms with Crippen molar-refractivity contribution in [2.24, 2.45) is 17.8 Å². The van der Waals surface area contributed by atoms with Crippen molar-refractivity contribution in [2.75, 3.05) is 11.5 Å². The summed E-state index contributed by atoms with van der Waals surface area (Å²) in [7, 11) is 0. The van der Waals surface area contributed by atoms with Crippen LogP contribution in [0.5, 0.6) is 0 Å². The highest BCUT2D eigenvalue weighted by Crippen LogP contribution is 2.37. The smallest absolute Gasteiger partial charge is 0.351 e. The maximum atomic E-state index is 13.6. The van der Waals surface area contributed by atoms with Crippen LogP contribution in [-0.4, -0.2) is 32.8 Å². The fourth-order valence-corrected chi connectivity index (χ4v) is 4.76. The largest absolute Gasteiger partial charge is 0.459 e. The summed E-state index contributed by atoms with van der Waals surface area (Å²) in [5.74, 6) is -0.0872. The van der Waals surface area contributed by atoms with Crippen molar-refractivity contribution in [1.29, 1.82) is 0 Å². The first-order valence-electron chi connectivity index (χ1n) is 9.28. The first-order chi connectivity index (χ1) is 12.8. The average Bonchev–Trinajstić information content (AvgIpc) is 3.08. The predicted molar refractivity (Wildman–Crippen MR) is 100 cm³/mol. The van der Waals surface area contributed by atoms with E-state index in [1.807, 2.05) is 0 Å². The minimum absolute atomic E-state index is 0.122. The zero-order valence-corrected chi connectivity index (χ0v) is 16.6. The number of carbonyl (C=O) groups excluding carboxylic acids is 1. The van der Waals surface area contributed by atoms with E-state index in [-0.39, 0.29) is 6.10 Å². The second-order valence-corrected chi connectivity index (χ2v) is 8.82. The molecule has 1 aromatic rings. The number of ether oxygens (including phenoxy) is 2. The lowest BCUT2D eigenvalue weighted by Gasteiger charge is -2.37. The molecule has 1 unspecified atom stereocenters. The summed E-state index contributed by atoms with van der Waals surface area (Å²) in [5, 5.41) is 0. The van der Waals surface area contributed by atoms with E-state index in [9.17, 15) is 14.0 Å². The minimum atomic E-state index is -0.840. The molecule has 150 valence electrons. The van der Waals surface area contributed by atoms with Gasteiger partial charge in [0.05, 0.1) is 6.20 Å². The molecule has 1 saturated heterocycles. The Balaban J connectivity index is 1.65. The van der Waals surface area contributed by atoms with Gasteiger partial charge in [0.15, 0.2) is 11.6 Å². The van der Waals surface area contributed by atoms with Crippen LogP contribution in [-0.2, 0) is 14.3 Å². The zero-order chi connectivity index (χ0) is 19.7. The van der Waals surface area contributed by atoms with Crippen LogP contribution in [0.3, 0.4) is 0 Å². The molecule has 0 amide bonds. The minimum Gasteiger partial charge on any atom is -0.459 e. The molecular weight excluding hydrogens is 373 g/mol. The van der Waals surface area contributed by atoms with Gasteiger partial charge in [0.25, 0.3) is 0 Å². The molecule has 0 radical (unpaired) electrons. The van der Waals surface area contributed by atoms with E-state index in [1.165, 1.54) is 11.8 Å². The monoisotopic (exact) mass is 399 g/mol. The quantitative estimate of drug-likeness (QED) is 0.777. The number of nitrogens with zero attached hydrogens (tertiary/aromatic N) is 2. The number of hydrogen-bond donors (Lipinski definition) is 1. The van der Waals surface area contributed by atoms with E-state index < -0.39 is 35.0 Å². The van der Waals surface area contributed by atoms with E-state index in [1.54, 1.807) is 0 Å². The highest BCUT2D eigenvalue weighted by Gasteiger charge is 2.39. The third-order valence-electron chi connectivity index (χ3n) is 5.34. The molecule has 2 aliphatic rings. The second kappa shape index (κ2) is 8.18. The molecule has 2 N–H and O–H groups in total. The standard InChI is InChI=1S/C18H26FN3O4S/c1-9(2)11-5-4-10(3)6-13(11)25-16(23)17-26-14(8-27-17)22-7-12(19)15(20)21-18(22)24/h7,9-11,13-14,17H,4-6,8H2,1-3H3,(H2,20,21,24)/t10-,11+,13-,14-,17?/m1/s1. The Morgan fingerprint density at radius 2 is 2.22 bits per heavy atom. The van der Waals surface area contributed by atoms with Crippen LogP contribution in [0.4, 0.5) is 10.2 Å². The highest BCUT2D eigenvalue weighted by molar-refractivity contribution is 8.00. The van der Waals surface area contributed by atoms with Gasteiger partial charge in [0.1, 0.15) is 12.3 Å². The molecule has 5 atom stereocenters. The van der Waals surface area contributed by atoms with Crippen molar-refractivity contribution < 1.29 is 18.7 Å². The number of anilines is 1. The maximum Gasteiger partial charge on any atom is 0.351 e. The number of esters is 1. The van der Waals surface area contributed by atoms with Gasteiger partial charge < -0.3 is 15.2 Å². The Hall–Kier alpha value is -1.61. The van der Waals surface area contributed by atoms with Crippen molar-refractivity contribution in [1.82, 2.24) is 9.55 Å². The maximum absolute atomic E-state index is 13.6. The number of hydrogen-bond acceptors (Lipinski definition) is 7. The van der Waals surface area contributed by atoms with Gasteiger partial charge in [-0.25, -0.2) is 14.0 Å². The molecule has 1 aliphatic heterocycles. The SMILES string of the molecule is CC(C)[C@@H]1CC[C@@H](C)C[C@H]1OC(=O)C1O[C@@H](n2cc(F)c(N)nc2=O)CS1. The Labute approximate surface area is 161 Å². The average molecular weight is 399 g/mol. The van der Waals surface area contributed by atoms with Crippen LogP contribution in [0.25, 0.3) is 0 Å². The second-order valence-electron chi connectivity index (χ2n) is 7.72. The van der Waals surface area contributed by atoms with Gasteiger partial charge in [-0.2, -0.15) is 4.98 Å². The molecular formula is C18H26FN3O4S. The predicted octanol–water partition coefficient (Wildman–Crippen LogP) is 2.56. The van der Waals surface area contributed by atoms with Crippen LogP contribution in [0.1, 0.15) is 46.3 Å². The summed E-state index contributed by atoms with van der Waals surface area (Å²) in [6, 6.07) is 0. The summed E-state index contributed by atoms with van der Waals surface area (Å²) < 4.78 is 26.1. The van der Waals surface area contributed by atoms with E-state index in [4.69, 9.17) is 15.2 Å². The van der Waals surface area contributed by atoms with Crippen molar-refractivity contribution in [3.8, 4) is 0 Å². The Morgan fingerprint density at radius 1 is 1.48 bits per heavy atom.